The lowest BCUT2D eigenvalue weighted by Crippen LogP contribution is -2.57. The average molecular weight is 280 g/mol. The minimum Gasteiger partial charge on any atom is -0.352 e. The van der Waals surface area contributed by atoms with Gasteiger partial charge < -0.3 is 16.0 Å². The minimum atomic E-state index is -0.572. The van der Waals surface area contributed by atoms with Gasteiger partial charge in [-0.3, -0.25) is 14.5 Å². The number of hydrogen-bond donors (Lipinski definition) is 2. The van der Waals surface area contributed by atoms with E-state index in [9.17, 15) is 9.59 Å². The molecule has 1 atom stereocenters. The molecule has 6 heteroatoms. The number of nitrogens with two attached hydrogens (primary N) is 1. The summed E-state index contributed by atoms with van der Waals surface area (Å²) in [5.74, 6) is 0.206. The normalized spacial score (nSPS) is 27.0. The molecule has 1 unspecified atom stereocenters. The number of nitrogens with one attached hydrogen (secondary N) is 1. The van der Waals surface area contributed by atoms with Crippen LogP contribution in [-0.2, 0) is 9.59 Å². The second kappa shape index (κ2) is 5.00. The van der Waals surface area contributed by atoms with Crippen LogP contribution in [0.1, 0.15) is 32.6 Å². The van der Waals surface area contributed by atoms with Crippen LogP contribution in [0.5, 0.6) is 0 Å². The van der Waals surface area contributed by atoms with Crippen molar-refractivity contribution in [2.45, 2.75) is 50.2 Å². The van der Waals surface area contributed by atoms with E-state index in [0.29, 0.717) is 19.1 Å². The van der Waals surface area contributed by atoms with E-state index in [-0.39, 0.29) is 17.9 Å². The molecule has 1 heterocycles. The molecular weight excluding hydrogens is 256 g/mol. The van der Waals surface area contributed by atoms with Gasteiger partial charge in [0, 0.05) is 32.2 Å². The second-order valence-corrected chi connectivity index (χ2v) is 6.44. The SMILES string of the molecule is CC(C(=O)NC1CC1)N1CCN(C(=O)C2(N)CC2)CC1. The summed E-state index contributed by atoms with van der Waals surface area (Å²) in [4.78, 5) is 28.2. The lowest BCUT2D eigenvalue weighted by molar-refractivity contribution is -0.136. The predicted molar refractivity (Wildman–Crippen MR) is 74.9 cm³/mol. The predicted octanol–water partition coefficient (Wildman–Crippen LogP) is -0.711. The summed E-state index contributed by atoms with van der Waals surface area (Å²) in [6.45, 7) is 4.81. The Labute approximate surface area is 119 Å². The molecule has 1 saturated heterocycles. The number of carbonyl (C=O) groups excluding carboxylic acids is 2. The highest BCUT2D eigenvalue weighted by Crippen LogP contribution is 2.34. The topological polar surface area (TPSA) is 78.7 Å². The zero-order valence-electron chi connectivity index (χ0n) is 12.1. The third-order valence-corrected chi connectivity index (χ3v) is 4.67. The van der Waals surface area contributed by atoms with E-state index in [2.05, 4.69) is 10.2 Å². The highest BCUT2D eigenvalue weighted by atomic mass is 16.2. The molecule has 3 fully saturated rings. The molecule has 0 aromatic carbocycles. The Morgan fingerprint density at radius 3 is 2.30 bits per heavy atom. The molecule has 6 nitrogen and oxygen atoms in total. The molecule has 3 N–H and O–H groups in total. The van der Waals surface area contributed by atoms with Crippen molar-refractivity contribution < 1.29 is 9.59 Å². The molecule has 0 spiro atoms. The maximum atomic E-state index is 12.1. The summed E-state index contributed by atoms with van der Waals surface area (Å²) in [7, 11) is 0. The van der Waals surface area contributed by atoms with E-state index in [1.165, 1.54) is 0 Å². The first-order valence-corrected chi connectivity index (χ1v) is 7.62. The fourth-order valence-corrected chi connectivity index (χ4v) is 2.69. The zero-order chi connectivity index (χ0) is 14.3. The molecule has 2 amide bonds. The molecule has 3 aliphatic rings. The number of nitrogens with zero attached hydrogens (tertiary/aromatic N) is 2. The molecule has 20 heavy (non-hydrogen) atoms. The molecule has 0 radical (unpaired) electrons. The maximum absolute atomic E-state index is 12.1. The Hall–Kier alpha value is -1.14. The van der Waals surface area contributed by atoms with E-state index in [0.717, 1.165) is 38.8 Å². The van der Waals surface area contributed by atoms with Gasteiger partial charge in [-0.1, -0.05) is 0 Å². The highest BCUT2D eigenvalue weighted by molar-refractivity contribution is 5.89. The smallest absolute Gasteiger partial charge is 0.242 e. The third-order valence-electron chi connectivity index (χ3n) is 4.67. The first-order chi connectivity index (χ1) is 9.49. The van der Waals surface area contributed by atoms with Crippen molar-refractivity contribution in [2.24, 2.45) is 5.73 Å². The zero-order valence-corrected chi connectivity index (χ0v) is 12.1. The Kier molecular flexibility index (Phi) is 3.46. The Morgan fingerprint density at radius 1 is 1.20 bits per heavy atom. The Morgan fingerprint density at radius 2 is 1.80 bits per heavy atom. The van der Waals surface area contributed by atoms with E-state index in [4.69, 9.17) is 5.73 Å². The van der Waals surface area contributed by atoms with Gasteiger partial charge >= 0.3 is 0 Å². The van der Waals surface area contributed by atoms with Crippen molar-refractivity contribution in [3.8, 4) is 0 Å². The molecule has 1 aliphatic heterocycles. The van der Waals surface area contributed by atoms with E-state index >= 15 is 0 Å². The van der Waals surface area contributed by atoms with Gasteiger partial charge in [-0.15, -0.1) is 0 Å². The lowest BCUT2D eigenvalue weighted by Gasteiger charge is -2.38. The van der Waals surface area contributed by atoms with Crippen LogP contribution in [0.2, 0.25) is 0 Å². The van der Waals surface area contributed by atoms with Crippen LogP contribution in [0.25, 0.3) is 0 Å². The fraction of sp³-hybridized carbons (Fsp3) is 0.857. The lowest BCUT2D eigenvalue weighted by atomic mass is 10.2. The second-order valence-electron chi connectivity index (χ2n) is 6.44. The van der Waals surface area contributed by atoms with Gasteiger partial charge in [0.15, 0.2) is 0 Å². The molecular formula is C14H24N4O2. The average Bonchev–Trinajstić information content (AvgIpc) is 3.36. The maximum Gasteiger partial charge on any atom is 0.242 e. The first-order valence-electron chi connectivity index (χ1n) is 7.62. The number of hydrogen-bond acceptors (Lipinski definition) is 4. The van der Waals surface area contributed by atoms with E-state index in [1.807, 2.05) is 11.8 Å². The van der Waals surface area contributed by atoms with Crippen LogP contribution < -0.4 is 11.1 Å². The highest BCUT2D eigenvalue weighted by Gasteiger charge is 2.48. The van der Waals surface area contributed by atoms with Crippen molar-refractivity contribution in [3.63, 3.8) is 0 Å². The number of rotatable bonds is 4. The molecule has 0 aromatic rings. The fourth-order valence-electron chi connectivity index (χ4n) is 2.69. The Balaban J connectivity index is 1.47. The van der Waals surface area contributed by atoms with Crippen molar-refractivity contribution in [2.75, 3.05) is 26.2 Å². The quantitative estimate of drug-likeness (QED) is 0.713. The van der Waals surface area contributed by atoms with Crippen LogP contribution in [0.4, 0.5) is 0 Å². The van der Waals surface area contributed by atoms with Crippen LogP contribution in [0.3, 0.4) is 0 Å². The van der Waals surface area contributed by atoms with Gasteiger partial charge in [0.1, 0.15) is 0 Å². The van der Waals surface area contributed by atoms with Crippen molar-refractivity contribution >= 4 is 11.8 Å². The summed E-state index contributed by atoms with van der Waals surface area (Å²) < 4.78 is 0. The van der Waals surface area contributed by atoms with Crippen molar-refractivity contribution in [1.82, 2.24) is 15.1 Å². The number of piperazine rings is 1. The van der Waals surface area contributed by atoms with Crippen molar-refractivity contribution in [1.29, 1.82) is 0 Å². The molecule has 112 valence electrons. The minimum absolute atomic E-state index is 0.0900. The molecule has 0 bridgehead atoms. The standard InChI is InChI=1S/C14H24N4O2/c1-10(12(19)16-11-2-3-11)17-6-8-18(9-7-17)13(20)14(15)4-5-14/h10-11H,2-9,15H2,1H3,(H,16,19). The van der Waals surface area contributed by atoms with Gasteiger partial charge in [-0.25, -0.2) is 0 Å². The van der Waals surface area contributed by atoms with Crippen LogP contribution in [-0.4, -0.2) is 65.4 Å². The molecule has 0 aromatic heterocycles. The molecule has 2 saturated carbocycles. The van der Waals surface area contributed by atoms with Crippen LogP contribution >= 0.6 is 0 Å². The summed E-state index contributed by atoms with van der Waals surface area (Å²) in [6.07, 6.45) is 3.84. The van der Waals surface area contributed by atoms with E-state index < -0.39 is 5.54 Å². The third kappa shape index (κ3) is 2.81. The van der Waals surface area contributed by atoms with Crippen molar-refractivity contribution in [3.05, 3.63) is 0 Å². The summed E-state index contributed by atoms with van der Waals surface area (Å²) >= 11 is 0. The first kappa shape index (κ1) is 13.8. The van der Waals surface area contributed by atoms with Crippen LogP contribution in [0, 0.1) is 0 Å². The van der Waals surface area contributed by atoms with Gasteiger partial charge in [0.05, 0.1) is 11.6 Å². The summed E-state index contributed by atoms with van der Waals surface area (Å²) in [5.41, 5.74) is 5.38. The Bertz CT molecular complexity index is 409. The monoisotopic (exact) mass is 280 g/mol. The van der Waals surface area contributed by atoms with E-state index in [1.54, 1.807) is 0 Å². The summed E-state index contributed by atoms with van der Waals surface area (Å²) in [6, 6.07) is 0.292. The number of amides is 2. The summed E-state index contributed by atoms with van der Waals surface area (Å²) in [5, 5.41) is 3.04. The van der Waals surface area contributed by atoms with Crippen LogP contribution in [0.15, 0.2) is 0 Å². The van der Waals surface area contributed by atoms with Gasteiger partial charge in [-0.05, 0) is 32.6 Å². The van der Waals surface area contributed by atoms with Gasteiger partial charge in [0.2, 0.25) is 11.8 Å². The molecule has 3 rings (SSSR count). The number of carbonyl (C=O) groups is 2. The van der Waals surface area contributed by atoms with Gasteiger partial charge in [0.25, 0.3) is 0 Å². The van der Waals surface area contributed by atoms with Gasteiger partial charge in [-0.2, -0.15) is 0 Å². The largest absolute Gasteiger partial charge is 0.352 e. The molecule has 2 aliphatic carbocycles.